The molecule has 1 heteroatoms. The molecule has 0 fully saturated rings. The first kappa shape index (κ1) is 11.8. The zero-order valence-electron chi connectivity index (χ0n) is 10.3. The number of rotatable bonds is 2. The molecular weight excluding hydrogens is 184 g/mol. The van der Waals surface area contributed by atoms with Crippen molar-refractivity contribution in [3.63, 3.8) is 0 Å². The van der Waals surface area contributed by atoms with Crippen LogP contribution in [0.3, 0.4) is 0 Å². The Kier molecular flexibility index (Phi) is 3.23. The van der Waals surface area contributed by atoms with Gasteiger partial charge in [0.05, 0.1) is 7.11 Å². The van der Waals surface area contributed by atoms with Crippen molar-refractivity contribution in [2.45, 2.75) is 33.1 Å². The summed E-state index contributed by atoms with van der Waals surface area (Å²) in [5.74, 6) is 0.947. The van der Waals surface area contributed by atoms with E-state index in [2.05, 4.69) is 46.4 Å². The van der Waals surface area contributed by atoms with Crippen LogP contribution < -0.4 is 4.74 Å². The summed E-state index contributed by atoms with van der Waals surface area (Å²) in [5.41, 5.74) is 3.65. The molecule has 1 aromatic rings. The van der Waals surface area contributed by atoms with Crippen molar-refractivity contribution in [1.29, 1.82) is 0 Å². The highest BCUT2D eigenvalue weighted by Gasteiger charge is 2.20. The summed E-state index contributed by atoms with van der Waals surface area (Å²) in [6.07, 6.45) is 1.85. The molecule has 0 saturated heterocycles. The first-order valence-electron chi connectivity index (χ1n) is 5.21. The fourth-order valence-corrected chi connectivity index (χ4v) is 1.74. The van der Waals surface area contributed by atoms with Crippen molar-refractivity contribution in [3.05, 3.63) is 35.4 Å². The molecule has 1 rings (SSSR count). The maximum Gasteiger partial charge on any atom is 0.129 e. The third kappa shape index (κ3) is 2.41. The number of hydrogen-bond acceptors (Lipinski definition) is 1. The first-order chi connectivity index (χ1) is 6.90. The molecule has 0 aromatic heterocycles. The number of hydrogen-bond donors (Lipinski definition) is 0. The molecule has 0 unspecified atom stereocenters. The predicted molar refractivity (Wildman–Crippen MR) is 66.5 cm³/mol. The minimum absolute atomic E-state index is 0.0924. The standard InChI is InChI=1S/C14H20O/c1-7-11-8-10(2)9-12(13(11)15-6)14(3,4)5/h7-9H,1H2,2-6H3. The Morgan fingerprint density at radius 1 is 1.27 bits per heavy atom. The summed E-state index contributed by atoms with van der Waals surface area (Å²) in [4.78, 5) is 0. The largest absolute Gasteiger partial charge is 0.496 e. The van der Waals surface area contributed by atoms with Crippen LogP contribution in [0.4, 0.5) is 0 Å². The highest BCUT2D eigenvalue weighted by Crippen LogP contribution is 2.35. The van der Waals surface area contributed by atoms with Crippen molar-refractivity contribution >= 4 is 6.08 Å². The Bertz CT molecular complexity index is 370. The Balaban J connectivity index is 3.49. The highest BCUT2D eigenvalue weighted by atomic mass is 16.5. The average molecular weight is 204 g/mol. The number of ether oxygens (including phenoxy) is 1. The van der Waals surface area contributed by atoms with Crippen LogP contribution >= 0.6 is 0 Å². The lowest BCUT2D eigenvalue weighted by Gasteiger charge is -2.24. The molecule has 0 atom stereocenters. The summed E-state index contributed by atoms with van der Waals surface area (Å²) in [6, 6.07) is 4.28. The minimum Gasteiger partial charge on any atom is -0.496 e. The molecule has 0 saturated carbocycles. The molecule has 0 aliphatic heterocycles. The summed E-state index contributed by atoms with van der Waals surface area (Å²) in [6.45, 7) is 12.5. The quantitative estimate of drug-likeness (QED) is 0.709. The molecule has 0 aliphatic carbocycles. The second-order valence-electron chi connectivity index (χ2n) is 4.89. The van der Waals surface area contributed by atoms with Crippen LogP contribution in [0.1, 0.15) is 37.5 Å². The molecule has 0 bridgehead atoms. The normalized spacial score (nSPS) is 11.3. The molecule has 0 spiro atoms. The van der Waals surface area contributed by atoms with E-state index < -0.39 is 0 Å². The van der Waals surface area contributed by atoms with Crippen molar-refractivity contribution in [2.24, 2.45) is 0 Å². The lowest BCUT2D eigenvalue weighted by Crippen LogP contribution is -2.13. The summed E-state index contributed by atoms with van der Waals surface area (Å²) >= 11 is 0. The molecule has 0 amide bonds. The van der Waals surface area contributed by atoms with E-state index in [1.54, 1.807) is 7.11 Å². The maximum atomic E-state index is 5.48. The van der Waals surface area contributed by atoms with Crippen LogP contribution in [-0.2, 0) is 5.41 Å². The fourth-order valence-electron chi connectivity index (χ4n) is 1.74. The van der Waals surface area contributed by atoms with Gasteiger partial charge in [-0.2, -0.15) is 0 Å². The van der Waals surface area contributed by atoms with Gasteiger partial charge in [0.25, 0.3) is 0 Å². The van der Waals surface area contributed by atoms with E-state index in [-0.39, 0.29) is 5.41 Å². The van der Waals surface area contributed by atoms with Crippen LogP contribution in [0.25, 0.3) is 6.08 Å². The van der Waals surface area contributed by atoms with Gasteiger partial charge in [-0.15, -0.1) is 0 Å². The van der Waals surface area contributed by atoms with E-state index in [1.807, 2.05) is 6.08 Å². The summed E-state index contributed by atoms with van der Waals surface area (Å²) < 4.78 is 5.48. The SMILES string of the molecule is C=Cc1cc(C)cc(C(C)(C)C)c1OC. The van der Waals surface area contributed by atoms with Gasteiger partial charge in [-0.1, -0.05) is 39.5 Å². The lowest BCUT2D eigenvalue weighted by atomic mass is 9.84. The smallest absolute Gasteiger partial charge is 0.129 e. The monoisotopic (exact) mass is 204 g/mol. The second kappa shape index (κ2) is 4.09. The van der Waals surface area contributed by atoms with Gasteiger partial charge in [0.2, 0.25) is 0 Å². The first-order valence-corrected chi connectivity index (χ1v) is 5.21. The van der Waals surface area contributed by atoms with Gasteiger partial charge in [0, 0.05) is 11.1 Å². The van der Waals surface area contributed by atoms with Gasteiger partial charge in [0.15, 0.2) is 0 Å². The van der Waals surface area contributed by atoms with Gasteiger partial charge < -0.3 is 4.74 Å². The zero-order valence-corrected chi connectivity index (χ0v) is 10.3. The van der Waals surface area contributed by atoms with Crippen LogP contribution in [0, 0.1) is 6.92 Å². The van der Waals surface area contributed by atoms with Gasteiger partial charge in [0.1, 0.15) is 5.75 Å². The van der Waals surface area contributed by atoms with E-state index in [0.717, 1.165) is 11.3 Å². The molecule has 0 heterocycles. The molecule has 82 valence electrons. The summed E-state index contributed by atoms with van der Waals surface area (Å²) in [7, 11) is 1.72. The topological polar surface area (TPSA) is 9.23 Å². The Morgan fingerprint density at radius 2 is 1.87 bits per heavy atom. The van der Waals surface area contributed by atoms with Crippen molar-refractivity contribution in [1.82, 2.24) is 0 Å². The molecule has 1 nitrogen and oxygen atoms in total. The van der Waals surface area contributed by atoms with Crippen LogP contribution in [0.15, 0.2) is 18.7 Å². The second-order valence-corrected chi connectivity index (χ2v) is 4.89. The Hall–Kier alpha value is -1.24. The summed E-state index contributed by atoms with van der Waals surface area (Å²) in [5, 5.41) is 0. The van der Waals surface area contributed by atoms with Crippen LogP contribution in [0.2, 0.25) is 0 Å². The highest BCUT2D eigenvalue weighted by molar-refractivity contribution is 5.61. The third-order valence-corrected chi connectivity index (χ3v) is 2.49. The number of aryl methyl sites for hydroxylation is 1. The van der Waals surface area contributed by atoms with E-state index in [0.29, 0.717) is 0 Å². The lowest BCUT2D eigenvalue weighted by molar-refractivity contribution is 0.396. The van der Waals surface area contributed by atoms with E-state index in [9.17, 15) is 0 Å². The third-order valence-electron chi connectivity index (χ3n) is 2.49. The predicted octanol–water partition coefficient (Wildman–Crippen LogP) is 3.94. The molecule has 0 radical (unpaired) electrons. The van der Waals surface area contributed by atoms with Crippen molar-refractivity contribution < 1.29 is 4.74 Å². The van der Waals surface area contributed by atoms with Gasteiger partial charge in [-0.3, -0.25) is 0 Å². The molecule has 0 N–H and O–H groups in total. The van der Waals surface area contributed by atoms with Crippen molar-refractivity contribution in [2.75, 3.05) is 7.11 Å². The maximum absolute atomic E-state index is 5.48. The zero-order chi connectivity index (χ0) is 11.6. The fraction of sp³-hybridized carbons (Fsp3) is 0.429. The van der Waals surface area contributed by atoms with Crippen molar-refractivity contribution in [3.8, 4) is 5.75 Å². The minimum atomic E-state index is 0.0924. The molecular formula is C14H20O. The van der Waals surface area contributed by atoms with Gasteiger partial charge in [-0.25, -0.2) is 0 Å². The van der Waals surface area contributed by atoms with Crippen LogP contribution in [0.5, 0.6) is 5.75 Å². The van der Waals surface area contributed by atoms with Gasteiger partial charge >= 0.3 is 0 Å². The Labute approximate surface area is 92.8 Å². The Morgan fingerprint density at radius 3 is 2.27 bits per heavy atom. The number of benzene rings is 1. The van der Waals surface area contributed by atoms with E-state index >= 15 is 0 Å². The van der Waals surface area contributed by atoms with Gasteiger partial charge in [-0.05, 0) is 24.0 Å². The molecule has 0 aliphatic rings. The average Bonchev–Trinajstić information content (AvgIpc) is 2.15. The molecule has 15 heavy (non-hydrogen) atoms. The van der Waals surface area contributed by atoms with E-state index in [4.69, 9.17) is 4.74 Å². The van der Waals surface area contributed by atoms with Crippen LogP contribution in [-0.4, -0.2) is 7.11 Å². The number of methoxy groups -OCH3 is 1. The molecule has 1 aromatic carbocycles. The van der Waals surface area contributed by atoms with E-state index in [1.165, 1.54) is 11.1 Å².